The number of aliphatic hydroxyl groups excluding tert-OH is 1. The van der Waals surface area contributed by atoms with Gasteiger partial charge in [-0.2, -0.15) is 0 Å². The Kier molecular flexibility index (Phi) is 56.2. The summed E-state index contributed by atoms with van der Waals surface area (Å²) < 4.78 is 67.8. The van der Waals surface area contributed by atoms with Crippen LogP contribution in [0.25, 0.3) is 0 Å². The van der Waals surface area contributed by atoms with E-state index in [1.54, 1.807) is 0 Å². The van der Waals surface area contributed by atoms with Crippen LogP contribution in [0.5, 0.6) is 0 Å². The minimum absolute atomic E-state index is 0.105. The lowest BCUT2D eigenvalue weighted by Crippen LogP contribution is -2.30. The van der Waals surface area contributed by atoms with Gasteiger partial charge in [0.05, 0.1) is 26.4 Å². The molecule has 17 nitrogen and oxygen atoms in total. The number of unbranched alkanes of at least 4 members (excludes halogenated alkanes) is 34. The molecular formula is C65H126O17P2. The third kappa shape index (κ3) is 59.0. The van der Waals surface area contributed by atoms with Crippen molar-refractivity contribution in [1.82, 2.24) is 0 Å². The largest absolute Gasteiger partial charge is 0.472 e. The molecule has 0 heterocycles. The summed E-state index contributed by atoms with van der Waals surface area (Å²) in [4.78, 5) is 71.9. The number of rotatable bonds is 64. The second-order valence-corrected chi connectivity index (χ2v) is 27.4. The van der Waals surface area contributed by atoms with Gasteiger partial charge in [0.15, 0.2) is 12.2 Å². The molecule has 0 aliphatic carbocycles. The third-order valence-electron chi connectivity index (χ3n) is 15.0. The van der Waals surface area contributed by atoms with E-state index in [1.165, 1.54) is 135 Å². The number of hydrogen-bond acceptors (Lipinski definition) is 15. The van der Waals surface area contributed by atoms with Crippen LogP contribution in [0.1, 0.15) is 324 Å². The lowest BCUT2D eigenvalue weighted by molar-refractivity contribution is -0.161. The van der Waals surface area contributed by atoms with Crippen molar-refractivity contribution in [2.45, 2.75) is 342 Å². The fraction of sp³-hybridized carbons (Fsp3) is 0.938. The van der Waals surface area contributed by atoms with Gasteiger partial charge in [0.25, 0.3) is 0 Å². The van der Waals surface area contributed by atoms with Gasteiger partial charge in [0.2, 0.25) is 0 Å². The Morgan fingerprint density at radius 3 is 0.810 bits per heavy atom. The number of esters is 4. The zero-order valence-electron chi connectivity index (χ0n) is 54.2. The minimum atomic E-state index is -4.94. The standard InChI is InChI=1S/C65H126O17P2/c1-7-9-11-13-14-23-31-37-43-49-64(69)81-60(53-75-62(67)47-41-33-12-10-8-2)55-79-83(71,72)77-51-59(66)52-78-84(73,74)80-56-61(54-76-63(68)48-42-36-30-27-26-29-35-40-46-58(5)6)82-65(70)50-44-38-32-25-22-20-18-16-15-17-19-21-24-28-34-39-45-57(3)4/h57-61,66H,7-56H2,1-6H3,(H,71,72)(H,73,74)/t59-,60+,61+/m0/s1. The first-order chi connectivity index (χ1) is 40.4. The Morgan fingerprint density at radius 2 is 0.548 bits per heavy atom. The van der Waals surface area contributed by atoms with Gasteiger partial charge in [-0.3, -0.25) is 37.3 Å². The highest BCUT2D eigenvalue weighted by Gasteiger charge is 2.30. The molecule has 0 amide bonds. The average molecular weight is 1240 g/mol. The van der Waals surface area contributed by atoms with E-state index in [0.29, 0.717) is 25.7 Å². The first kappa shape index (κ1) is 82.1. The van der Waals surface area contributed by atoms with Crippen molar-refractivity contribution in [1.29, 1.82) is 0 Å². The molecule has 0 aromatic heterocycles. The molecule has 0 radical (unpaired) electrons. The molecule has 3 N–H and O–H groups in total. The summed E-state index contributed by atoms with van der Waals surface area (Å²) in [6.45, 7) is 9.40. The summed E-state index contributed by atoms with van der Waals surface area (Å²) in [5.41, 5.74) is 0. The van der Waals surface area contributed by atoms with Crippen molar-refractivity contribution in [2.75, 3.05) is 39.6 Å². The maximum atomic E-state index is 13.0. The van der Waals surface area contributed by atoms with E-state index in [2.05, 4.69) is 41.5 Å². The maximum absolute atomic E-state index is 13.0. The number of hydrogen-bond donors (Lipinski definition) is 3. The zero-order valence-corrected chi connectivity index (χ0v) is 56.0. The van der Waals surface area contributed by atoms with Crippen molar-refractivity contribution < 1.29 is 80.2 Å². The van der Waals surface area contributed by atoms with Crippen LogP contribution in [-0.2, 0) is 65.4 Å². The van der Waals surface area contributed by atoms with Crippen LogP contribution in [0.2, 0.25) is 0 Å². The molecule has 0 aliphatic heterocycles. The van der Waals surface area contributed by atoms with Gasteiger partial charge >= 0.3 is 39.5 Å². The lowest BCUT2D eigenvalue weighted by atomic mass is 10.0. The smallest absolute Gasteiger partial charge is 0.462 e. The van der Waals surface area contributed by atoms with Gasteiger partial charge in [-0.1, -0.05) is 273 Å². The van der Waals surface area contributed by atoms with E-state index < -0.39 is 97.5 Å². The van der Waals surface area contributed by atoms with Gasteiger partial charge in [-0.15, -0.1) is 0 Å². The van der Waals surface area contributed by atoms with E-state index in [0.717, 1.165) is 108 Å². The molecule has 0 spiro atoms. The summed E-state index contributed by atoms with van der Waals surface area (Å²) in [6, 6.07) is 0. The van der Waals surface area contributed by atoms with E-state index in [9.17, 15) is 43.2 Å². The number of carbonyl (C=O) groups is 4. The van der Waals surface area contributed by atoms with Gasteiger partial charge in [0.1, 0.15) is 19.3 Å². The van der Waals surface area contributed by atoms with E-state index in [-0.39, 0.29) is 25.7 Å². The SMILES string of the molecule is CCCCCCCCCCCC(=O)O[C@H](COC(=O)CCCCCCC)COP(=O)(O)OC[C@H](O)COP(=O)(O)OC[C@@H](COC(=O)CCCCCCCCCCC(C)C)OC(=O)CCCCCCCCCCCCCCCCCCC(C)C. The fourth-order valence-electron chi connectivity index (χ4n) is 9.71. The number of carbonyl (C=O) groups excluding carboxylic acids is 4. The van der Waals surface area contributed by atoms with Crippen molar-refractivity contribution in [3.05, 3.63) is 0 Å². The van der Waals surface area contributed by atoms with Crippen LogP contribution in [0.3, 0.4) is 0 Å². The van der Waals surface area contributed by atoms with Crippen molar-refractivity contribution in [2.24, 2.45) is 11.8 Å². The molecule has 0 aromatic rings. The molecule has 0 saturated carbocycles. The van der Waals surface area contributed by atoms with E-state index in [1.807, 2.05) is 0 Å². The minimum Gasteiger partial charge on any atom is -0.462 e. The van der Waals surface area contributed by atoms with Crippen LogP contribution in [-0.4, -0.2) is 96.7 Å². The topological polar surface area (TPSA) is 237 Å². The molecule has 5 atom stereocenters. The molecular weight excluding hydrogens is 1110 g/mol. The highest BCUT2D eigenvalue weighted by Crippen LogP contribution is 2.45. The van der Waals surface area contributed by atoms with Crippen LogP contribution in [0, 0.1) is 11.8 Å². The number of aliphatic hydroxyl groups is 1. The van der Waals surface area contributed by atoms with Gasteiger partial charge in [-0.05, 0) is 37.5 Å². The second kappa shape index (κ2) is 57.5. The summed E-state index contributed by atoms with van der Waals surface area (Å²) in [5, 5.41) is 10.5. The molecule has 0 bridgehead atoms. The third-order valence-corrected chi connectivity index (χ3v) is 16.9. The number of phosphoric ester groups is 2. The van der Waals surface area contributed by atoms with Crippen LogP contribution in [0.4, 0.5) is 0 Å². The zero-order chi connectivity index (χ0) is 62.2. The molecule has 84 heavy (non-hydrogen) atoms. The van der Waals surface area contributed by atoms with Gasteiger partial charge in [0, 0.05) is 25.7 Å². The highest BCUT2D eigenvalue weighted by molar-refractivity contribution is 7.47. The molecule has 0 saturated heterocycles. The molecule has 0 aromatic carbocycles. The van der Waals surface area contributed by atoms with Crippen molar-refractivity contribution >= 4 is 39.5 Å². The molecule has 2 unspecified atom stereocenters. The molecule has 0 aliphatic rings. The van der Waals surface area contributed by atoms with Crippen LogP contribution in [0.15, 0.2) is 0 Å². The molecule has 0 rings (SSSR count). The quantitative estimate of drug-likeness (QED) is 0.0222. The molecule has 498 valence electrons. The lowest BCUT2D eigenvalue weighted by Gasteiger charge is -2.21. The highest BCUT2D eigenvalue weighted by atomic mass is 31.2. The summed E-state index contributed by atoms with van der Waals surface area (Å²) in [7, 11) is -9.88. The first-order valence-electron chi connectivity index (χ1n) is 34.0. The van der Waals surface area contributed by atoms with Crippen molar-refractivity contribution in [3.8, 4) is 0 Å². The summed E-state index contributed by atoms with van der Waals surface area (Å²) in [5.74, 6) is -0.609. The molecule has 0 fully saturated rings. The van der Waals surface area contributed by atoms with Gasteiger partial charge < -0.3 is 33.8 Å². The van der Waals surface area contributed by atoms with E-state index >= 15 is 0 Å². The fourth-order valence-corrected chi connectivity index (χ4v) is 11.3. The Bertz CT molecular complexity index is 1650. The first-order valence-corrected chi connectivity index (χ1v) is 37.0. The second-order valence-electron chi connectivity index (χ2n) is 24.5. The van der Waals surface area contributed by atoms with Gasteiger partial charge in [-0.25, -0.2) is 9.13 Å². The predicted molar refractivity (Wildman–Crippen MR) is 335 cm³/mol. The normalized spacial score (nSPS) is 14.3. The van der Waals surface area contributed by atoms with Crippen LogP contribution >= 0.6 is 15.6 Å². The average Bonchev–Trinajstić information content (AvgIpc) is 3.57. The molecule has 19 heteroatoms. The summed E-state index contributed by atoms with van der Waals surface area (Å²) >= 11 is 0. The van der Waals surface area contributed by atoms with Crippen molar-refractivity contribution in [3.63, 3.8) is 0 Å². The van der Waals surface area contributed by atoms with E-state index in [4.69, 9.17) is 37.0 Å². The number of phosphoric acid groups is 2. The Balaban J connectivity index is 5.12. The maximum Gasteiger partial charge on any atom is 0.472 e. The van der Waals surface area contributed by atoms with Crippen LogP contribution < -0.4 is 0 Å². The summed E-state index contributed by atoms with van der Waals surface area (Å²) in [6.07, 6.45) is 40.8. The number of ether oxygens (including phenoxy) is 4. The Hall–Kier alpha value is -1.94. The Labute approximate surface area is 511 Å². The Morgan fingerprint density at radius 1 is 0.321 bits per heavy atom. The monoisotopic (exact) mass is 1240 g/mol. The predicted octanol–water partition coefficient (Wildman–Crippen LogP) is 18.0.